The molecule has 0 heterocycles. The molecule has 134 valence electrons. The molecule has 0 aromatic heterocycles. The van der Waals surface area contributed by atoms with Gasteiger partial charge in [0, 0.05) is 0 Å². The van der Waals surface area contributed by atoms with Crippen molar-refractivity contribution in [3.63, 3.8) is 0 Å². The van der Waals surface area contributed by atoms with Crippen molar-refractivity contribution in [3.05, 3.63) is 0 Å². The van der Waals surface area contributed by atoms with Crippen molar-refractivity contribution in [2.45, 2.75) is 78.7 Å². The van der Waals surface area contributed by atoms with E-state index in [-0.39, 0.29) is 23.2 Å². The summed E-state index contributed by atoms with van der Waals surface area (Å²) in [5, 5.41) is 10.4. The summed E-state index contributed by atoms with van der Waals surface area (Å²) >= 11 is 0. The molecule has 2 saturated carbocycles. The molecule has 2 aliphatic carbocycles. The van der Waals surface area contributed by atoms with Gasteiger partial charge in [-0.1, -0.05) is 47.0 Å². The summed E-state index contributed by atoms with van der Waals surface area (Å²) < 4.78 is 5.00. The van der Waals surface area contributed by atoms with Crippen LogP contribution in [0.3, 0.4) is 0 Å². The molecule has 0 aromatic carbocycles. The zero-order valence-electron chi connectivity index (χ0n) is 15.7. The van der Waals surface area contributed by atoms with Gasteiger partial charge in [0.2, 0.25) is 0 Å². The Bertz CT molecular complexity index is 406. The molecule has 6 atom stereocenters. The number of rotatable bonds is 6. The molecule has 2 rings (SSSR count). The maximum absolute atomic E-state index is 12.2. The van der Waals surface area contributed by atoms with Crippen LogP contribution < -0.4 is 0 Å². The lowest BCUT2D eigenvalue weighted by molar-refractivity contribution is -0.160. The lowest BCUT2D eigenvalue weighted by Gasteiger charge is -2.47. The number of aliphatic hydroxyl groups excluding tert-OH is 1. The van der Waals surface area contributed by atoms with Gasteiger partial charge < -0.3 is 9.84 Å². The maximum atomic E-state index is 12.2. The Kier molecular flexibility index (Phi) is 6.16. The molecule has 0 radical (unpaired) electrons. The van der Waals surface area contributed by atoms with Crippen molar-refractivity contribution in [1.29, 1.82) is 0 Å². The summed E-state index contributed by atoms with van der Waals surface area (Å²) in [5.74, 6) is 1.93. The van der Waals surface area contributed by atoms with Gasteiger partial charge in [-0.3, -0.25) is 4.79 Å². The Morgan fingerprint density at radius 1 is 1.22 bits per heavy atom. The molecule has 2 aliphatic rings. The Balaban J connectivity index is 2.07. The second-order valence-electron chi connectivity index (χ2n) is 8.75. The number of fused-ring (bicyclic) bond motifs is 1. The number of esters is 1. The first kappa shape index (κ1) is 18.8. The molecule has 0 aliphatic heterocycles. The first-order chi connectivity index (χ1) is 10.8. The highest BCUT2D eigenvalue weighted by Crippen LogP contribution is 2.60. The molecule has 3 heteroatoms. The lowest BCUT2D eigenvalue weighted by atomic mass is 9.58. The van der Waals surface area contributed by atoms with Crippen LogP contribution in [-0.2, 0) is 9.53 Å². The smallest absolute Gasteiger partial charge is 0.311 e. The standard InChI is InChI=1S/C20H36O3/c1-13(2)7-6-8-14(3)15-9-10-16-18(19(22)23-5)17(21)11-12-20(15,16)4/h13-18,21H,6-12H2,1-5H3/t14?,15-,16+,17+,18+,20-/m0/s1. The number of hydrogen-bond acceptors (Lipinski definition) is 3. The van der Waals surface area contributed by atoms with E-state index in [4.69, 9.17) is 4.74 Å². The molecule has 0 aromatic rings. The second kappa shape index (κ2) is 7.55. The van der Waals surface area contributed by atoms with Crippen LogP contribution in [0.2, 0.25) is 0 Å². The topological polar surface area (TPSA) is 46.5 Å². The number of carbonyl (C=O) groups excluding carboxylic acids is 1. The highest BCUT2D eigenvalue weighted by molar-refractivity contribution is 5.73. The van der Waals surface area contributed by atoms with E-state index in [2.05, 4.69) is 27.7 Å². The van der Waals surface area contributed by atoms with Crippen LogP contribution in [0.25, 0.3) is 0 Å². The van der Waals surface area contributed by atoms with Crippen LogP contribution in [0.1, 0.15) is 72.6 Å². The summed E-state index contributed by atoms with van der Waals surface area (Å²) in [6.45, 7) is 9.36. The van der Waals surface area contributed by atoms with Gasteiger partial charge in [-0.25, -0.2) is 0 Å². The lowest BCUT2D eigenvalue weighted by Crippen LogP contribution is -2.48. The number of aliphatic hydroxyl groups is 1. The fraction of sp³-hybridized carbons (Fsp3) is 0.950. The largest absolute Gasteiger partial charge is 0.469 e. The van der Waals surface area contributed by atoms with Crippen molar-refractivity contribution < 1.29 is 14.6 Å². The summed E-state index contributed by atoms with van der Waals surface area (Å²) in [4.78, 5) is 12.2. The highest BCUT2D eigenvalue weighted by atomic mass is 16.5. The molecule has 1 N–H and O–H groups in total. The monoisotopic (exact) mass is 324 g/mol. The Morgan fingerprint density at radius 3 is 2.52 bits per heavy atom. The Labute approximate surface area is 142 Å². The zero-order chi connectivity index (χ0) is 17.2. The molecule has 0 spiro atoms. The van der Waals surface area contributed by atoms with Crippen LogP contribution in [-0.4, -0.2) is 24.3 Å². The SMILES string of the molecule is COC(=O)[C@H]1[C@H](O)CC[C@]2(C)[C@@H]1CC[C@H]2C(C)CCCC(C)C. The fourth-order valence-corrected chi connectivity index (χ4v) is 5.60. The Morgan fingerprint density at radius 2 is 1.91 bits per heavy atom. The zero-order valence-corrected chi connectivity index (χ0v) is 15.7. The van der Waals surface area contributed by atoms with Crippen LogP contribution >= 0.6 is 0 Å². The molecular formula is C20H36O3. The van der Waals surface area contributed by atoms with E-state index in [1.807, 2.05) is 0 Å². The Hall–Kier alpha value is -0.570. The molecule has 23 heavy (non-hydrogen) atoms. The predicted molar refractivity (Wildman–Crippen MR) is 92.9 cm³/mol. The van der Waals surface area contributed by atoms with Crippen LogP contribution in [0, 0.1) is 35.0 Å². The summed E-state index contributed by atoms with van der Waals surface area (Å²) in [7, 11) is 1.45. The molecule has 0 bridgehead atoms. The van der Waals surface area contributed by atoms with Gasteiger partial charge in [0.1, 0.15) is 0 Å². The quantitative estimate of drug-likeness (QED) is 0.735. The first-order valence-corrected chi connectivity index (χ1v) is 9.57. The predicted octanol–water partition coefficient (Wildman–Crippen LogP) is 4.43. The molecule has 2 fully saturated rings. The molecule has 3 nitrogen and oxygen atoms in total. The van der Waals surface area contributed by atoms with Crippen LogP contribution in [0.5, 0.6) is 0 Å². The fourth-order valence-electron chi connectivity index (χ4n) is 5.60. The van der Waals surface area contributed by atoms with E-state index in [0.717, 1.165) is 25.2 Å². The molecule has 0 saturated heterocycles. The number of carbonyl (C=O) groups is 1. The van der Waals surface area contributed by atoms with Crippen LogP contribution in [0.4, 0.5) is 0 Å². The van der Waals surface area contributed by atoms with Crippen molar-refractivity contribution in [2.24, 2.45) is 35.0 Å². The summed E-state index contributed by atoms with van der Waals surface area (Å²) in [6, 6.07) is 0. The minimum Gasteiger partial charge on any atom is -0.469 e. The minimum absolute atomic E-state index is 0.190. The van der Waals surface area contributed by atoms with Crippen LogP contribution in [0.15, 0.2) is 0 Å². The van der Waals surface area contributed by atoms with Gasteiger partial charge >= 0.3 is 5.97 Å². The van der Waals surface area contributed by atoms with E-state index in [0.29, 0.717) is 11.8 Å². The van der Waals surface area contributed by atoms with Crippen molar-refractivity contribution in [3.8, 4) is 0 Å². The average molecular weight is 325 g/mol. The first-order valence-electron chi connectivity index (χ1n) is 9.57. The maximum Gasteiger partial charge on any atom is 0.311 e. The second-order valence-corrected chi connectivity index (χ2v) is 8.75. The number of hydrogen-bond donors (Lipinski definition) is 1. The van der Waals surface area contributed by atoms with Crippen molar-refractivity contribution >= 4 is 5.97 Å². The van der Waals surface area contributed by atoms with Crippen molar-refractivity contribution in [1.82, 2.24) is 0 Å². The van der Waals surface area contributed by atoms with Gasteiger partial charge in [0.05, 0.1) is 19.1 Å². The van der Waals surface area contributed by atoms with E-state index in [1.54, 1.807) is 0 Å². The van der Waals surface area contributed by atoms with Gasteiger partial charge in [0.15, 0.2) is 0 Å². The van der Waals surface area contributed by atoms with Crippen molar-refractivity contribution in [2.75, 3.05) is 7.11 Å². The third-order valence-corrected chi connectivity index (χ3v) is 6.91. The minimum atomic E-state index is -0.518. The number of methoxy groups -OCH3 is 1. The highest BCUT2D eigenvalue weighted by Gasteiger charge is 2.56. The summed E-state index contributed by atoms with van der Waals surface area (Å²) in [6.07, 6.45) is 7.43. The third kappa shape index (κ3) is 3.75. The van der Waals surface area contributed by atoms with Gasteiger partial charge in [-0.15, -0.1) is 0 Å². The third-order valence-electron chi connectivity index (χ3n) is 6.91. The van der Waals surface area contributed by atoms with E-state index in [9.17, 15) is 9.90 Å². The number of ether oxygens (including phenoxy) is 1. The molecule has 0 amide bonds. The molecule has 1 unspecified atom stereocenters. The summed E-state index contributed by atoms with van der Waals surface area (Å²) in [5.41, 5.74) is 0.190. The normalized spacial score (nSPS) is 38.4. The molecular weight excluding hydrogens is 288 g/mol. The van der Waals surface area contributed by atoms with E-state index < -0.39 is 6.10 Å². The van der Waals surface area contributed by atoms with Gasteiger partial charge in [0.25, 0.3) is 0 Å². The van der Waals surface area contributed by atoms with Gasteiger partial charge in [-0.05, 0) is 54.8 Å². The van der Waals surface area contributed by atoms with Gasteiger partial charge in [-0.2, -0.15) is 0 Å². The average Bonchev–Trinajstić information content (AvgIpc) is 2.84. The van der Waals surface area contributed by atoms with E-state index >= 15 is 0 Å². The van der Waals surface area contributed by atoms with E-state index in [1.165, 1.54) is 32.8 Å².